The Morgan fingerprint density at radius 1 is 1.00 bits per heavy atom. The Labute approximate surface area is 168 Å². The minimum atomic E-state index is -0.238. The number of benzene rings is 1. The fourth-order valence-electron chi connectivity index (χ4n) is 3.62. The molecule has 2 heterocycles. The summed E-state index contributed by atoms with van der Waals surface area (Å²) in [5.41, 5.74) is 2.87. The molecule has 0 radical (unpaired) electrons. The lowest BCUT2D eigenvalue weighted by molar-refractivity contribution is -0.120. The first-order chi connectivity index (χ1) is 14.2. The third-order valence-corrected chi connectivity index (χ3v) is 5.19. The summed E-state index contributed by atoms with van der Waals surface area (Å²) >= 11 is 0. The normalized spacial score (nSPS) is 18.8. The van der Waals surface area contributed by atoms with E-state index in [0.717, 1.165) is 42.6 Å². The van der Waals surface area contributed by atoms with Crippen LogP contribution in [0.5, 0.6) is 0 Å². The molecule has 7 nitrogen and oxygen atoms in total. The summed E-state index contributed by atoms with van der Waals surface area (Å²) in [6, 6.07) is 15.0. The number of hydrogen-bond acceptors (Lipinski definition) is 5. The lowest BCUT2D eigenvalue weighted by Gasteiger charge is -2.28. The second-order valence-electron chi connectivity index (χ2n) is 7.19. The number of nitrogens with one attached hydrogen (secondary N) is 2. The molecular weight excluding hydrogens is 368 g/mol. The van der Waals surface area contributed by atoms with Crippen molar-refractivity contribution in [2.24, 2.45) is 5.92 Å². The van der Waals surface area contributed by atoms with Gasteiger partial charge >= 0.3 is 0 Å². The Hall–Kier alpha value is -3.48. The lowest BCUT2D eigenvalue weighted by Crippen LogP contribution is -2.39. The van der Waals surface area contributed by atoms with Crippen LogP contribution in [0.1, 0.15) is 36.2 Å². The van der Waals surface area contributed by atoms with E-state index in [4.69, 9.17) is 4.52 Å². The highest BCUT2D eigenvalue weighted by atomic mass is 16.5. The van der Waals surface area contributed by atoms with Crippen molar-refractivity contribution < 1.29 is 14.1 Å². The van der Waals surface area contributed by atoms with Crippen molar-refractivity contribution in [3.8, 4) is 11.3 Å². The molecule has 0 unspecified atom stereocenters. The van der Waals surface area contributed by atoms with E-state index in [2.05, 4.69) is 20.8 Å². The van der Waals surface area contributed by atoms with Crippen molar-refractivity contribution in [2.75, 3.05) is 5.32 Å². The van der Waals surface area contributed by atoms with Gasteiger partial charge in [0, 0.05) is 35.5 Å². The molecule has 4 rings (SSSR count). The molecular formula is C22H22N4O3. The summed E-state index contributed by atoms with van der Waals surface area (Å²) in [4.78, 5) is 29.1. The summed E-state index contributed by atoms with van der Waals surface area (Å²) in [6.45, 7) is 0. The molecule has 0 aliphatic heterocycles. The standard InChI is InChI=1S/C22H22N4O3/c27-21(25-18-5-3-4-16(14-18)19-6-1-2-12-23-19)15-7-9-17(10-8-15)24-22(28)20-11-13-29-26-20/h1-6,11-15,17H,7-10H2,(H,24,28)(H,25,27). The third kappa shape index (κ3) is 4.68. The van der Waals surface area contributed by atoms with Gasteiger partial charge in [-0.3, -0.25) is 14.6 Å². The van der Waals surface area contributed by atoms with Crippen LogP contribution in [0.3, 0.4) is 0 Å². The van der Waals surface area contributed by atoms with Crippen LogP contribution in [0.25, 0.3) is 11.3 Å². The van der Waals surface area contributed by atoms with Gasteiger partial charge in [-0.05, 0) is 49.9 Å². The number of aromatic nitrogens is 2. The molecule has 1 aliphatic rings. The average Bonchev–Trinajstić information content (AvgIpc) is 3.30. The first kappa shape index (κ1) is 18.9. The van der Waals surface area contributed by atoms with Crippen LogP contribution in [-0.4, -0.2) is 28.0 Å². The summed E-state index contributed by atoms with van der Waals surface area (Å²) in [7, 11) is 0. The highest BCUT2D eigenvalue weighted by Gasteiger charge is 2.27. The van der Waals surface area contributed by atoms with Crippen molar-refractivity contribution in [1.29, 1.82) is 0 Å². The smallest absolute Gasteiger partial charge is 0.273 e. The first-order valence-corrected chi connectivity index (χ1v) is 9.72. The van der Waals surface area contributed by atoms with Gasteiger partial charge in [0.2, 0.25) is 5.91 Å². The Bertz CT molecular complexity index is 965. The zero-order chi connectivity index (χ0) is 20.1. The minimum absolute atomic E-state index is 0.0180. The lowest BCUT2D eigenvalue weighted by atomic mass is 9.85. The number of nitrogens with zero attached hydrogens (tertiary/aromatic N) is 2. The molecule has 0 spiro atoms. The maximum Gasteiger partial charge on any atom is 0.273 e. The SMILES string of the molecule is O=C(NC1CCC(C(=O)Nc2cccc(-c3ccccn3)c2)CC1)c1ccon1. The largest absolute Gasteiger partial charge is 0.364 e. The molecule has 0 atom stereocenters. The van der Waals surface area contributed by atoms with Gasteiger partial charge in [0.1, 0.15) is 6.26 Å². The Kier molecular flexibility index (Phi) is 5.65. The monoisotopic (exact) mass is 390 g/mol. The van der Waals surface area contributed by atoms with Gasteiger partial charge < -0.3 is 15.2 Å². The van der Waals surface area contributed by atoms with Gasteiger partial charge in [0.15, 0.2) is 5.69 Å². The number of pyridine rings is 1. The second-order valence-corrected chi connectivity index (χ2v) is 7.19. The van der Waals surface area contributed by atoms with Crippen LogP contribution >= 0.6 is 0 Å². The fraction of sp³-hybridized carbons (Fsp3) is 0.273. The quantitative estimate of drug-likeness (QED) is 0.693. The number of hydrogen-bond donors (Lipinski definition) is 2. The van der Waals surface area contributed by atoms with Crippen LogP contribution in [0.15, 0.2) is 65.5 Å². The third-order valence-electron chi connectivity index (χ3n) is 5.19. The van der Waals surface area contributed by atoms with Crippen LogP contribution in [0, 0.1) is 5.92 Å². The zero-order valence-electron chi connectivity index (χ0n) is 15.9. The molecule has 1 fully saturated rings. The van der Waals surface area contributed by atoms with Gasteiger partial charge in [-0.25, -0.2) is 0 Å². The summed E-state index contributed by atoms with van der Waals surface area (Å²) in [6.07, 6.45) is 6.11. The van der Waals surface area contributed by atoms with E-state index in [0.29, 0.717) is 0 Å². The van der Waals surface area contributed by atoms with E-state index in [1.165, 1.54) is 12.3 Å². The number of carbonyl (C=O) groups is 2. The van der Waals surface area contributed by atoms with Crippen molar-refractivity contribution in [3.05, 3.63) is 66.7 Å². The molecule has 0 bridgehead atoms. The van der Waals surface area contributed by atoms with E-state index in [1.807, 2.05) is 42.5 Å². The van der Waals surface area contributed by atoms with Crippen LogP contribution < -0.4 is 10.6 Å². The number of rotatable bonds is 5. The molecule has 148 valence electrons. The molecule has 2 N–H and O–H groups in total. The van der Waals surface area contributed by atoms with Gasteiger partial charge in [-0.15, -0.1) is 0 Å². The Morgan fingerprint density at radius 3 is 2.59 bits per heavy atom. The highest BCUT2D eigenvalue weighted by molar-refractivity contribution is 5.93. The maximum absolute atomic E-state index is 12.7. The van der Waals surface area contributed by atoms with Gasteiger partial charge in [0.05, 0.1) is 5.69 Å². The molecule has 7 heteroatoms. The predicted molar refractivity (Wildman–Crippen MR) is 108 cm³/mol. The molecule has 29 heavy (non-hydrogen) atoms. The summed E-state index contributed by atoms with van der Waals surface area (Å²) in [5, 5.41) is 9.62. The summed E-state index contributed by atoms with van der Waals surface area (Å²) in [5.74, 6) is -0.281. The van der Waals surface area contributed by atoms with E-state index < -0.39 is 0 Å². The van der Waals surface area contributed by atoms with Crippen LogP contribution in [-0.2, 0) is 4.79 Å². The molecule has 2 amide bonds. The van der Waals surface area contributed by atoms with Crippen LogP contribution in [0.2, 0.25) is 0 Å². The molecule has 1 aliphatic carbocycles. The predicted octanol–water partition coefficient (Wildman–Crippen LogP) is 3.66. The highest BCUT2D eigenvalue weighted by Crippen LogP contribution is 2.27. The maximum atomic E-state index is 12.7. The van der Waals surface area contributed by atoms with Crippen molar-refractivity contribution in [1.82, 2.24) is 15.5 Å². The van der Waals surface area contributed by atoms with Gasteiger partial charge in [0.25, 0.3) is 5.91 Å². The molecule has 3 aromatic rings. The first-order valence-electron chi connectivity index (χ1n) is 9.72. The van der Waals surface area contributed by atoms with Crippen molar-refractivity contribution in [3.63, 3.8) is 0 Å². The van der Waals surface area contributed by atoms with Crippen LogP contribution in [0.4, 0.5) is 5.69 Å². The van der Waals surface area contributed by atoms with E-state index >= 15 is 0 Å². The molecule has 1 aromatic carbocycles. The van der Waals surface area contributed by atoms with Crippen molar-refractivity contribution in [2.45, 2.75) is 31.7 Å². The van der Waals surface area contributed by atoms with E-state index in [9.17, 15) is 9.59 Å². The molecule has 1 saturated carbocycles. The Morgan fingerprint density at radius 2 is 1.86 bits per heavy atom. The average molecular weight is 390 g/mol. The molecule has 2 aromatic heterocycles. The zero-order valence-corrected chi connectivity index (χ0v) is 15.9. The van der Waals surface area contributed by atoms with Gasteiger partial charge in [-0.1, -0.05) is 23.4 Å². The van der Waals surface area contributed by atoms with E-state index in [1.54, 1.807) is 6.20 Å². The number of amides is 2. The van der Waals surface area contributed by atoms with E-state index in [-0.39, 0.29) is 29.5 Å². The molecule has 0 saturated heterocycles. The van der Waals surface area contributed by atoms with Gasteiger partial charge in [-0.2, -0.15) is 0 Å². The Balaban J connectivity index is 1.31. The number of carbonyl (C=O) groups excluding carboxylic acids is 2. The summed E-state index contributed by atoms with van der Waals surface area (Å²) < 4.78 is 4.70. The second kappa shape index (κ2) is 8.68. The fourth-order valence-corrected chi connectivity index (χ4v) is 3.62. The van der Waals surface area contributed by atoms with Crippen molar-refractivity contribution >= 4 is 17.5 Å². The minimum Gasteiger partial charge on any atom is -0.364 e. The number of anilines is 1. The topological polar surface area (TPSA) is 97.1 Å².